The van der Waals surface area contributed by atoms with Gasteiger partial charge in [0.2, 0.25) is 6.79 Å². The Kier molecular flexibility index (Phi) is 3.11. The lowest BCUT2D eigenvalue weighted by Crippen LogP contribution is -1.98. The van der Waals surface area contributed by atoms with Gasteiger partial charge >= 0.3 is 0 Å². The second kappa shape index (κ2) is 4.90. The van der Waals surface area contributed by atoms with Crippen molar-refractivity contribution in [2.75, 3.05) is 12.1 Å². The Labute approximate surface area is 114 Å². The molecule has 3 rings (SSSR count). The first-order valence-corrected chi connectivity index (χ1v) is 6.48. The van der Waals surface area contributed by atoms with E-state index < -0.39 is 0 Å². The van der Waals surface area contributed by atoms with E-state index in [1.165, 1.54) is 5.56 Å². The Morgan fingerprint density at radius 3 is 2.61 bits per heavy atom. The number of anilines is 1. The number of fused-ring (bicyclic) bond motifs is 1. The number of nitrogens with one attached hydrogen (secondary N) is 1. The molecule has 0 amide bonds. The van der Waals surface area contributed by atoms with E-state index in [-0.39, 0.29) is 0 Å². The lowest BCUT2D eigenvalue weighted by atomic mass is 10.2. The molecule has 2 aromatic rings. The Morgan fingerprint density at radius 2 is 1.78 bits per heavy atom. The number of halogens is 1. The van der Waals surface area contributed by atoms with E-state index >= 15 is 0 Å². The molecule has 0 bridgehead atoms. The number of benzene rings is 2. The normalized spacial score (nSPS) is 12.5. The number of rotatable bonds is 3. The number of ether oxygens (including phenoxy) is 2. The fraction of sp³-hybridized carbons (Fsp3) is 0.143. The van der Waals surface area contributed by atoms with Crippen LogP contribution in [-0.2, 0) is 6.54 Å². The molecule has 1 N–H and O–H groups in total. The molecule has 0 aromatic heterocycles. The van der Waals surface area contributed by atoms with Crippen molar-refractivity contribution in [2.24, 2.45) is 0 Å². The van der Waals surface area contributed by atoms with Gasteiger partial charge in [-0.05, 0) is 29.8 Å². The SMILES string of the molecule is Brc1ccc(CNc2ccc3c(c2)OCO3)cc1. The highest BCUT2D eigenvalue weighted by molar-refractivity contribution is 9.10. The molecule has 1 aliphatic rings. The highest BCUT2D eigenvalue weighted by Crippen LogP contribution is 2.34. The van der Waals surface area contributed by atoms with Gasteiger partial charge in [-0.3, -0.25) is 0 Å². The summed E-state index contributed by atoms with van der Waals surface area (Å²) in [5.74, 6) is 1.61. The molecule has 2 aromatic carbocycles. The third-order valence-corrected chi connectivity index (χ3v) is 3.31. The molecule has 0 saturated carbocycles. The smallest absolute Gasteiger partial charge is 0.231 e. The van der Waals surface area contributed by atoms with E-state index in [0.717, 1.165) is 28.2 Å². The zero-order chi connectivity index (χ0) is 12.4. The van der Waals surface area contributed by atoms with Gasteiger partial charge in [-0.2, -0.15) is 0 Å². The minimum atomic E-state index is 0.311. The summed E-state index contributed by atoms with van der Waals surface area (Å²) in [6.07, 6.45) is 0. The predicted octanol–water partition coefficient (Wildman–Crippen LogP) is 3.79. The third kappa shape index (κ3) is 2.43. The summed E-state index contributed by atoms with van der Waals surface area (Å²) in [6.45, 7) is 1.10. The van der Waals surface area contributed by atoms with Gasteiger partial charge in [-0.25, -0.2) is 0 Å². The van der Waals surface area contributed by atoms with E-state index in [1.807, 2.05) is 30.3 Å². The van der Waals surface area contributed by atoms with Crippen molar-refractivity contribution in [3.63, 3.8) is 0 Å². The van der Waals surface area contributed by atoms with Gasteiger partial charge in [0.25, 0.3) is 0 Å². The van der Waals surface area contributed by atoms with Crippen molar-refractivity contribution >= 4 is 21.6 Å². The maximum Gasteiger partial charge on any atom is 0.231 e. The molecule has 0 saturated heterocycles. The topological polar surface area (TPSA) is 30.5 Å². The quantitative estimate of drug-likeness (QED) is 0.936. The highest BCUT2D eigenvalue weighted by Gasteiger charge is 2.12. The van der Waals surface area contributed by atoms with Crippen LogP contribution in [0.1, 0.15) is 5.56 Å². The molecule has 0 unspecified atom stereocenters. The van der Waals surface area contributed by atoms with Crippen LogP contribution in [0.25, 0.3) is 0 Å². The third-order valence-electron chi connectivity index (χ3n) is 2.78. The van der Waals surface area contributed by atoms with Crippen LogP contribution in [0.4, 0.5) is 5.69 Å². The molecule has 3 nitrogen and oxygen atoms in total. The van der Waals surface area contributed by atoms with Crippen molar-refractivity contribution in [1.82, 2.24) is 0 Å². The van der Waals surface area contributed by atoms with Crippen LogP contribution in [0.15, 0.2) is 46.9 Å². The second-order valence-electron chi connectivity index (χ2n) is 4.05. The zero-order valence-corrected chi connectivity index (χ0v) is 11.2. The van der Waals surface area contributed by atoms with Gasteiger partial charge in [-0.1, -0.05) is 28.1 Å². The summed E-state index contributed by atoms with van der Waals surface area (Å²) in [5.41, 5.74) is 2.26. The second-order valence-corrected chi connectivity index (χ2v) is 4.96. The van der Waals surface area contributed by atoms with E-state index in [1.54, 1.807) is 0 Å². The van der Waals surface area contributed by atoms with Gasteiger partial charge in [0, 0.05) is 22.8 Å². The first-order valence-electron chi connectivity index (χ1n) is 5.69. The predicted molar refractivity (Wildman–Crippen MR) is 74.0 cm³/mol. The summed E-state index contributed by atoms with van der Waals surface area (Å²) in [7, 11) is 0. The van der Waals surface area contributed by atoms with Crippen molar-refractivity contribution in [3.05, 3.63) is 52.5 Å². The van der Waals surface area contributed by atoms with Crippen LogP contribution in [0.2, 0.25) is 0 Å². The zero-order valence-electron chi connectivity index (χ0n) is 9.65. The summed E-state index contributed by atoms with van der Waals surface area (Å²) >= 11 is 3.42. The molecular formula is C14H12BrNO2. The van der Waals surface area contributed by atoms with Crippen molar-refractivity contribution in [3.8, 4) is 11.5 Å². The van der Waals surface area contributed by atoms with Crippen LogP contribution in [0.5, 0.6) is 11.5 Å². The van der Waals surface area contributed by atoms with Crippen LogP contribution in [0.3, 0.4) is 0 Å². The average Bonchev–Trinajstić information content (AvgIpc) is 2.85. The highest BCUT2D eigenvalue weighted by atomic mass is 79.9. The van der Waals surface area contributed by atoms with Gasteiger partial charge in [0.1, 0.15) is 0 Å². The molecule has 18 heavy (non-hydrogen) atoms. The van der Waals surface area contributed by atoms with Gasteiger partial charge < -0.3 is 14.8 Å². The molecule has 4 heteroatoms. The fourth-order valence-corrected chi connectivity index (χ4v) is 2.08. The minimum Gasteiger partial charge on any atom is -0.454 e. The molecular weight excluding hydrogens is 294 g/mol. The standard InChI is InChI=1S/C14H12BrNO2/c15-11-3-1-10(2-4-11)8-16-12-5-6-13-14(7-12)18-9-17-13/h1-7,16H,8-9H2. The Balaban J connectivity index is 1.68. The lowest BCUT2D eigenvalue weighted by Gasteiger charge is -2.07. The monoisotopic (exact) mass is 305 g/mol. The summed E-state index contributed by atoms with van der Waals surface area (Å²) in [6, 6.07) is 14.1. The van der Waals surface area contributed by atoms with E-state index in [2.05, 4.69) is 33.4 Å². The molecule has 0 fully saturated rings. The average molecular weight is 306 g/mol. The molecule has 0 aliphatic carbocycles. The van der Waals surface area contributed by atoms with E-state index in [4.69, 9.17) is 9.47 Å². The van der Waals surface area contributed by atoms with Gasteiger partial charge in [-0.15, -0.1) is 0 Å². The van der Waals surface area contributed by atoms with E-state index in [0.29, 0.717) is 6.79 Å². The van der Waals surface area contributed by atoms with Gasteiger partial charge in [0.15, 0.2) is 11.5 Å². The van der Waals surface area contributed by atoms with Crippen molar-refractivity contribution < 1.29 is 9.47 Å². The van der Waals surface area contributed by atoms with Crippen LogP contribution >= 0.6 is 15.9 Å². The molecule has 0 spiro atoms. The number of hydrogen-bond acceptors (Lipinski definition) is 3. The van der Waals surface area contributed by atoms with E-state index in [9.17, 15) is 0 Å². The molecule has 0 radical (unpaired) electrons. The van der Waals surface area contributed by atoms with Gasteiger partial charge in [0.05, 0.1) is 0 Å². The Hall–Kier alpha value is -1.68. The lowest BCUT2D eigenvalue weighted by molar-refractivity contribution is 0.174. The maximum absolute atomic E-state index is 5.34. The molecule has 0 atom stereocenters. The summed E-state index contributed by atoms with van der Waals surface area (Å²) < 4.78 is 11.7. The summed E-state index contributed by atoms with van der Waals surface area (Å²) in [5, 5.41) is 3.36. The van der Waals surface area contributed by atoms with Crippen molar-refractivity contribution in [1.29, 1.82) is 0 Å². The van der Waals surface area contributed by atoms with Crippen molar-refractivity contribution in [2.45, 2.75) is 6.54 Å². The van der Waals surface area contributed by atoms with Crippen LogP contribution in [-0.4, -0.2) is 6.79 Å². The Bertz CT molecular complexity index is 554. The maximum atomic E-state index is 5.34. The fourth-order valence-electron chi connectivity index (χ4n) is 1.81. The first-order chi connectivity index (χ1) is 8.81. The molecule has 1 heterocycles. The summed E-state index contributed by atoms with van der Waals surface area (Å²) in [4.78, 5) is 0. The first kappa shape index (κ1) is 11.4. The van der Waals surface area contributed by atoms with Crippen LogP contribution in [0, 0.1) is 0 Å². The number of hydrogen-bond donors (Lipinski definition) is 1. The minimum absolute atomic E-state index is 0.311. The largest absolute Gasteiger partial charge is 0.454 e. The van der Waals surface area contributed by atoms with Crippen LogP contribution < -0.4 is 14.8 Å². The Morgan fingerprint density at radius 1 is 1.00 bits per heavy atom. The molecule has 92 valence electrons. The molecule has 1 aliphatic heterocycles.